The molecule has 0 aliphatic heterocycles. The number of halogens is 1. The summed E-state index contributed by atoms with van der Waals surface area (Å²) >= 11 is 3.23. The number of nitrogens with zero attached hydrogens (tertiary/aromatic N) is 1. The van der Waals surface area contributed by atoms with Crippen LogP contribution in [0.25, 0.3) is 0 Å². The van der Waals surface area contributed by atoms with Crippen molar-refractivity contribution < 1.29 is 9.00 Å². The van der Waals surface area contributed by atoms with Gasteiger partial charge in [-0.2, -0.15) is 5.26 Å². The molecule has 0 aliphatic rings. The Hall–Kier alpha value is -1.39. The van der Waals surface area contributed by atoms with E-state index in [9.17, 15) is 9.00 Å². The SMILES string of the molecule is N#CCNC(=O)CS(=O)c1ccc(N)cc1Br. The number of carbonyl (C=O) groups is 1. The van der Waals surface area contributed by atoms with Crippen LogP contribution in [0.2, 0.25) is 0 Å². The maximum Gasteiger partial charge on any atom is 0.233 e. The molecule has 5 nitrogen and oxygen atoms in total. The lowest BCUT2D eigenvalue weighted by Crippen LogP contribution is -2.28. The number of anilines is 1. The van der Waals surface area contributed by atoms with E-state index in [4.69, 9.17) is 11.0 Å². The molecule has 1 atom stereocenters. The fourth-order valence-electron chi connectivity index (χ4n) is 1.09. The quantitative estimate of drug-likeness (QED) is 0.634. The molecule has 1 aromatic carbocycles. The molecule has 3 N–H and O–H groups in total. The van der Waals surface area contributed by atoms with Crippen molar-refractivity contribution in [2.75, 3.05) is 18.0 Å². The molecule has 0 radical (unpaired) electrons. The second-order valence-corrected chi connectivity index (χ2v) is 5.39. The summed E-state index contributed by atoms with van der Waals surface area (Å²) in [5.41, 5.74) is 6.10. The van der Waals surface area contributed by atoms with Crippen LogP contribution in [-0.4, -0.2) is 22.4 Å². The molecule has 90 valence electrons. The van der Waals surface area contributed by atoms with E-state index in [-0.39, 0.29) is 12.3 Å². The number of nitrogens with two attached hydrogens (primary N) is 1. The first-order chi connectivity index (χ1) is 8.04. The van der Waals surface area contributed by atoms with Crippen LogP contribution >= 0.6 is 15.9 Å². The predicted molar refractivity (Wildman–Crippen MR) is 68.5 cm³/mol. The molecule has 0 bridgehead atoms. The molecule has 1 unspecified atom stereocenters. The van der Waals surface area contributed by atoms with Gasteiger partial charge in [0.1, 0.15) is 12.3 Å². The minimum absolute atomic E-state index is 0.0844. The van der Waals surface area contributed by atoms with Crippen molar-refractivity contribution in [2.24, 2.45) is 0 Å². The van der Waals surface area contributed by atoms with Crippen LogP contribution in [0.3, 0.4) is 0 Å². The number of hydrogen-bond acceptors (Lipinski definition) is 4. The lowest BCUT2D eigenvalue weighted by Gasteiger charge is -2.05. The Morgan fingerprint density at radius 3 is 2.88 bits per heavy atom. The van der Waals surface area contributed by atoms with Gasteiger partial charge in [0, 0.05) is 10.2 Å². The van der Waals surface area contributed by atoms with Crippen LogP contribution in [0.5, 0.6) is 0 Å². The average Bonchev–Trinajstić information content (AvgIpc) is 2.26. The van der Waals surface area contributed by atoms with E-state index in [1.807, 2.05) is 0 Å². The second kappa shape index (κ2) is 6.37. The smallest absolute Gasteiger partial charge is 0.233 e. The van der Waals surface area contributed by atoms with E-state index in [0.29, 0.717) is 15.1 Å². The van der Waals surface area contributed by atoms with Gasteiger partial charge in [0.05, 0.1) is 21.8 Å². The van der Waals surface area contributed by atoms with Crippen LogP contribution in [0, 0.1) is 11.3 Å². The van der Waals surface area contributed by atoms with E-state index in [1.165, 1.54) is 0 Å². The van der Waals surface area contributed by atoms with Gasteiger partial charge in [0.25, 0.3) is 0 Å². The molecule has 1 rings (SSSR count). The Morgan fingerprint density at radius 1 is 1.59 bits per heavy atom. The fourth-order valence-corrected chi connectivity index (χ4v) is 3.02. The first kappa shape index (κ1) is 13.7. The number of nitrogens with one attached hydrogen (secondary N) is 1. The van der Waals surface area contributed by atoms with Gasteiger partial charge in [-0.25, -0.2) is 0 Å². The maximum absolute atomic E-state index is 11.8. The minimum atomic E-state index is -1.46. The third-order valence-electron chi connectivity index (χ3n) is 1.83. The van der Waals surface area contributed by atoms with E-state index in [2.05, 4.69) is 21.2 Å². The van der Waals surface area contributed by atoms with Gasteiger partial charge in [-0.15, -0.1) is 0 Å². The third kappa shape index (κ3) is 4.17. The number of carbonyl (C=O) groups excluding carboxylic acids is 1. The van der Waals surface area contributed by atoms with E-state index >= 15 is 0 Å². The zero-order valence-corrected chi connectivity index (χ0v) is 11.2. The number of nitriles is 1. The first-order valence-corrected chi connectivity index (χ1v) is 6.73. The van der Waals surface area contributed by atoms with Crippen molar-refractivity contribution in [1.82, 2.24) is 5.32 Å². The monoisotopic (exact) mass is 315 g/mol. The summed E-state index contributed by atoms with van der Waals surface area (Å²) < 4.78 is 12.4. The number of nitrogen functional groups attached to an aromatic ring is 1. The Morgan fingerprint density at radius 2 is 2.29 bits per heavy atom. The first-order valence-electron chi connectivity index (χ1n) is 4.61. The second-order valence-electron chi connectivity index (χ2n) is 3.11. The molecule has 0 aromatic heterocycles. The zero-order chi connectivity index (χ0) is 12.8. The Labute approximate surface area is 110 Å². The van der Waals surface area contributed by atoms with E-state index < -0.39 is 16.7 Å². The average molecular weight is 316 g/mol. The van der Waals surface area contributed by atoms with Crippen molar-refractivity contribution in [2.45, 2.75) is 4.90 Å². The maximum atomic E-state index is 11.8. The van der Waals surface area contributed by atoms with Crippen LogP contribution in [0.4, 0.5) is 5.69 Å². The van der Waals surface area contributed by atoms with Crippen molar-refractivity contribution in [3.8, 4) is 6.07 Å². The summed E-state index contributed by atoms with van der Waals surface area (Å²) in [5, 5.41) is 10.6. The highest BCUT2D eigenvalue weighted by molar-refractivity contribution is 9.10. The van der Waals surface area contributed by atoms with Gasteiger partial charge in [-0.1, -0.05) is 0 Å². The lowest BCUT2D eigenvalue weighted by molar-refractivity contribution is -0.118. The number of hydrogen-bond donors (Lipinski definition) is 2. The largest absolute Gasteiger partial charge is 0.399 e. The predicted octanol–water partition coefficient (Wildman–Crippen LogP) is 0.779. The molecule has 0 saturated carbocycles. The molecule has 0 heterocycles. The number of amides is 1. The van der Waals surface area contributed by atoms with Crippen molar-refractivity contribution in [3.05, 3.63) is 22.7 Å². The molecule has 0 aliphatic carbocycles. The zero-order valence-electron chi connectivity index (χ0n) is 8.77. The van der Waals surface area contributed by atoms with Crippen LogP contribution in [0.15, 0.2) is 27.6 Å². The molecule has 1 aromatic rings. The standard InChI is InChI=1S/C10H10BrN3O2S/c11-8-5-7(13)1-2-9(8)17(16)6-10(15)14-4-3-12/h1-2,5H,4,6,13H2,(H,14,15). The van der Waals surface area contributed by atoms with Crippen molar-refractivity contribution in [1.29, 1.82) is 5.26 Å². The summed E-state index contributed by atoms with van der Waals surface area (Å²) in [6, 6.07) is 6.62. The van der Waals surface area contributed by atoms with Gasteiger partial charge >= 0.3 is 0 Å². The molecular formula is C10H10BrN3O2S. The van der Waals surface area contributed by atoms with Crippen molar-refractivity contribution >= 4 is 38.3 Å². The Balaban J connectivity index is 2.71. The highest BCUT2D eigenvalue weighted by Gasteiger charge is 2.12. The summed E-state index contributed by atoms with van der Waals surface area (Å²) in [7, 11) is -1.46. The van der Waals surface area contributed by atoms with Crippen LogP contribution in [0.1, 0.15) is 0 Å². The van der Waals surface area contributed by atoms with Crippen molar-refractivity contribution in [3.63, 3.8) is 0 Å². The van der Waals surface area contributed by atoms with Gasteiger partial charge in [-0.05, 0) is 34.1 Å². The normalized spacial score (nSPS) is 11.5. The fraction of sp³-hybridized carbons (Fsp3) is 0.200. The Kier molecular flexibility index (Phi) is 5.12. The van der Waals surface area contributed by atoms with Gasteiger partial charge in [-0.3, -0.25) is 9.00 Å². The van der Waals surface area contributed by atoms with Gasteiger partial charge in [0.15, 0.2) is 0 Å². The molecule has 7 heteroatoms. The van der Waals surface area contributed by atoms with E-state index in [1.54, 1.807) is 24.3 Å². The molecule has 0 fully saturated rings. The minimum Gasteiger partial charge on any atom is -0.399 e. The summed E-state index contributed by atoms with van der Waals surface area (Å²) in [6.07, 6.45) is 0. The van der Waals surface area contributed by atoms with Crippen LogP contribution in [-0.2, 0) is 15.6 Å². The van der Waals surface area contributed by atoms with Gasteiger partial charge in [0.2, 0.25) is 5.91 Å². The molecule has 1 amide bonds. The lowest BCUT2D eigenvalue weighted by atomic mass is 10.3. The third-order valence-corrected chi connectivity index (χ3v) is 4.12. The topological polar surface area (TPSA) is 96.0 Å². The molecule has 0 spiro atoms. The number of benzene rings is 1. The highest BCUT2D eigenvalue weighted by Crippen LogP contribution is 2.22. The number of rotatable bonds is 4. The molecular weight excluding hydrogens is 306 g/mol. The van der Waals surface area contributed by atoms with Gasteiger partial charge < -0.3 is 11.1 Å². The molecule has 17 heavy (non-hydrogen) atoms. The highest BCUT2D eigenvalue weighted by atomic mass is 79.9. The van der Waals surface area contributed by atoms with Crippen LogP contribution < -0.4 is 11.1 Å². The Bertz CT molecular complexity index is 499. The van der Waals surface area contributed by atoms with E-state index in [0.717, 1.165) is 0 Å². The summed E-state index contributed by atoms with van der Waals surface area (Å²) in [5.74, 6) is -0.599. The molecule has 0 saturated heterocycles. The summed E-state index contributed by atoms with van der Waals surface area (Å²) in [6.45, 7) is -0.0844. The summed E-state index contributed by atoms with van der Waals surface area (Å²) in [4.78, 5) is 11.8.